The molecule has 0 N–H and O–H groups in total. The molecule has 0 spiro atoms. The van der Waals surface area contributed by atoms with Crippen LogP contribution in [0, 0.1) is 5.82 Å². The van der Waals surface area contributed by atoms with Crippen LogP contribution in [-0.4, -0.2) is 71.1 Å². The van der Waals surface area contributed by atoms with Gasteiger partial charge in [0.2, 0.25) is 0 Å². The summed E-state index contributed by atoms with van der Waals surface area (Å²) >= 11 is 0. The SMILES string of the molecule is C=C(/C=C1/N=C(C(=O)N2CCN3N=CCC3C2C)C=C(CC)N1C)c1ccc(C=O)cc1F.CC. The number of benzene rings is 1. The van der Waals surface area contributed by atoms with E-state index in [9.17, 15) is 14.0 Å². The van der Waals surface area contributed by atoms with Crippen LogP contribution in [0.3, 0.4) is 0 Å². The molecule has 0 radical (unpaired) electrons. The molecule has 2 unspecified atom stereocenters. The van der Waals surface area contributed by atoms with Crippen LogP contribution in [0.1, 0.15) is 56.5 Å². The minimum Gasteiger partial charge on any atom is -0.333 e. The maximum absolute atomic E-state index is 14.5. The lowest BCUT2D eigenvalue weighted by Gasteiger charge is -2.42. The van der Waals surface area contributed by atoms with E-state index in [0.717, 1.165) is 12.1 Å². The first kappa shape index (κ1) is 26.1. The van der Waals surface area contributed by atoms with Crippen molar-refractivity contribution in [1.29, 1.82) is 0 Å². The number of allylic oxidation sites excluding steroid dienone is 3. The third-order valence-electron chi connectivity index (χ3n) is 6.51. The number of nitrogens with zero attached hydrogens (tertiary/aromatic N) is 5. The molecule has 3 aliphatic rings. The Balaban J connectivity index is 0.00000167. The van der Waals surface area contributed by atoms with Gasteiger partial charge in [-0.1, -0.05) is 39.5 Å². The fraction of sp³-hybridized carbons (Fsp3) is 0.407. The Hall–Kier alpha value is -3.55. The van der Waals surface area contributed by atoms with E-state index < -0.39 is 5.82 Å². The Morgan fingerprint density at radius 3 is 2.69 bits per heavy atom. The number of aliphatic imine (C=N–C) groups is 1. The first-order valence-corrected chi connectivity index (χ1v) is 12.1. The molecule has 1 saturated heterocycles. The summed E-state index contributed by atoms with van der Waals surface area (Å²) in [4.78, 5) is 32.8. The molecule has 1 amide bonds. The molecule has 0 aromatic heterocycles. The van der Waals surface area contributed by atoms with Gasteiger partial charge in [0, 0.05) is 43.1 Å². The van der Waals surface area contributed by atoms with Gasteiger partial charge >= 0.3 is 0 Å². The van der Waals surface area contributed by atoms with Gasteiger partial charge in [-0.2, -0.15) is 5.10 Å². The molecule has 2 atom stereocenters. The predicted molar refractivity (Wildman–Crippen MR) is 139 cm³/mol. The lowest BCUT2D eigenvalue weighted by Crippen LogP contribution is -2.58. The van der Waals surface area contributed by atoms with Crippen LogP contribution in [-0.2, 0) is 4.79 Å². The number of carbonyl (C=O) groups is 2. The third-order valence-corrected chi connectivity index (χ3v) is 6.51. The second-order valence-electron chi connectivity index (χ2n) is 8.43. The Kier molecular flexibility index (Phi) is 8.38. The Bertz CT molecular complexity index is 1120. The molecular weight excluding hydrogens is 445 g/mol. The predicted octanol–water partition coefficient (Wildman–Crippen LogP) is 4.49. The topological polar surface area (TPSA) is 68.6 Å². The zero-order chi connectivity index (χ0) is 25.7. The fourth-order valence-electron chi connectivity index (χ4n) is 4.50. The van der Waals surface area contributed by atoms with E-state index in [1.807, 2.05) is 56.8 Å². The average molecular weight is 480 g/mol. The van der Waals surface area contributed by atoms with Crippen molar-refractivity contribution < 1.29 is 14.0 Å². The van der Waals surface area contributed by atoms with Crippen molar-refractivity contribution in [2.75, 3.05) is 20.1 Å². The summed E-state index contributed by atoms with van der Waals surface area (Å²) in [5.74, 6) is -0.139. The number of rotatable bonds is 5. The second kappa shape index (κ2) is 11.3. The average Bonchev–Trinajstić information content (AvgIpc) is 3.36. The van der Waals surface area contributed by atoms with Crippen LogP contribution in [0.2, 0.25) is 0 Å². The molecular formula is C27H34FN5O2. The molecule has 3 heterocycles. The molecule has 35 heavy (non-hydrogen) atoms. The van der Waals surface area contributed by atoms with Crippen molar-refractivity contribution in [3.8, 4) is 0 Å². The van der Waals surface area contributed by atoms with Gasteiger partial charge < -0.3 is 9.80 Å². The molecule has 1 aromatic rings. The van der Waals surface area contributed by atoms with Crippen molar-refractivity contribution in [3.05, 3.63) is 65.4 Å². The van der Waals surface area contributed by atoms with Crippen LogP contribution >= 0.6 is 0 Å². The quantitative estimate of drug-likeness (QED) is 0.584. The van der Waals surface area contributed by atoms with Gasteiger partial charge in [0.15, 0.2) is 0 Å². The van der Waals surface area contributed by atoms with E-state index in [4.69, 9.17) is 0 Å². The molecule has 7 nitrogen and oxygen atoms in total. The highest BCUT2D eigenvalue weighted by Gasteiger charge is 2.38. The number of hydrogen-bond donors (Lipinski definition) is 0. The highest BCUT2D eigenvalue weighted by atomic mass is 19.1. The van der Waals surface area contributed by atoms with Gasteiger partial charge in [-0.3, -0.25) is 14.6 Å². The lowest BCUT2D eigenvalue weighted by molar-refractivity contribution is -0.129. The van der Waals surface area contributed by atoms with Gasteiger partial charge in [-0.25, -0.2) is 9.38 Å². The third kappa shape index (κ3) is 5.26. The lowest BCUT2D eigenvalue weighted by atomic mass is 10.0. The highest BCUT2D eigenvalue weighted by Crippen LogP contribution is 2.28. The number of hydrazone groups is 1. The molecule has 0 bridgehead atoms. The van der Waals surface area contributed by atoms with Crippen LogP contribution in [0.4, 0.5) is 4.39 Å². The first-order chi connectivity index (χ1) is 16.8. The van der Waals surface area contributed by atoms with Crippen molar-refractivity contribution in [2.45, 2.75) is 52.6 Å². The van der Waals surface area contributed by atoms with Gasteiger partial charge in [-0.15, -0.1) is 0 Å². The zero-order valence-electron chi connectivity index (χ0n) is 21.2. The van der Waals surface area contributed by atoms with Crippen LogP contribution in [0.5, 0.6) is 0 Å². The molecule has 8 heteroatoms. The summed E-state index contributed by atoms with van der Waals surface area (Å²) in [5.41, 5.74) is 2.24. The summed E-state index contributed by atoms with van der Waals surface area (Å²) in [6, 6.07) is 4.46. The Morgan fingerprint density at radius 1 is 1.29 bits per heavy atom. The van der Waals surface area contributed by atoms with E-state index in [-0.39, 0.29) is 29.1 Å². The molecule has 1 fully saturated rings. The summed E-state index contributed by atoms with van der Waals surface area (Å²) in [7, 11) is 1.86. The maximum atomic E-state index is 14.5. The molecule has 0 saturated carbocycles. The van der Waals surface area contributed by atoms with Crippen molar-refractivity contribution in [2.24, 2.45) is 10.1 Å². The summed E-state index contributed by atoms with van der Waals surface area (Å²) in [6.45, 7) is 13.3. The van der Waals surface area contributed by atoms with Crippen LogP contribution < -0.4 is 0 Å². The molecule has 186 valence electrons. The van der Waals surface area contributed by atoms with Crippen molar-refractivity contribution in [3.63, 3.8) is 0 Å². The van der Waals surface area contributed by atoms with E-state index in [2.05, 4.69) is 21.7 Å². The van der Waals surface area contributed by atoms with E-state index >= 15 is 0 Å². The van der Waals surface area contributed by atoms with Crippen LogP contribution in [0.15, 0.2) is 58.5 Å². The van der Waals surface area contributed by atoms with Crippen molar-refractivity contribution in [1.82, 2.24) is 14.8 Å². The number of aldehydes is 1. The zero-order valence-corrected chi connectivity index (χ0v) is 21.2. The summed E-state index contributed by atoms with van der Waals surface area (Å²) in [6.07, 6.45) is 7.53. The number of amides is 1. The number of fused-ring (bicyclic) bond motifs is 1. The van der Waals surface area contributed by atoms with E-state index in [1.165, 1.54) is 12.1 Å². The van der Waals surface area contributed by atoms with Gasteiger partial charge in [-0.05, 0) is 37.1 Å². The highest BCUT2D eigenvalue weighted by molar-refractivity contribution is 6.43. The minimum absolute atomic E-state index is 0.0161. The number of carbonyl (C=O) groups excluding carboxylic acids is 2. The van der Waals surface area contributed by atoms with Gasteiger partial charge in [0.05, 0.1) is 18.6 Å². The monoisotopic (exact) mass is 479 g/mol. The normalized spacial score (nSPS) is 22.2. The minimum atomic E-state index is -0.531. The maximum Gasteiger partial charge on any atom is 0.272 e. The Morgan fingerprint density at radius 2 is 2.03 bits per heavy atom. The summed E-state index contributed by atoms with van der Waals surface area (Å²) < 4.78 is 14.5. The largest absolute Gasteiger partial charge is 0.333 e. The van der Waals surface area contributed by atoms with E-state index in [1.54, 1.807) is 12.1 Å². The molecule has 1 aromatic carbocycles. The molecule has 0 aliphatic carbocycles. The number of hydrogen-bond acceptors (Lipinski definition) is 6. The van der Waals surface area contributed by atoms with Crippen molar-refractivity contribution >= 4 is 29.7 Å². The number of halogens is 1. The number of piperazine rings is 1. The van der Waals surface area contributed by atoms with E-state index in [0.29, 0.717) is 42.9 Å². The molecule has 4 rings (SSSR count). The first-order valence-electron chi connectivity index (χ1n) is 12.1. The summed E-state index contributed by atoms with van der Waals surface area (Å²) in [5, 5.41) is 6.45. The van der Waals surface area contributed by atoms with Gasteiger partial charge in [0.1, 0.15) is 23.6 Å². The standard InChI is InChI=1S/C25H28FN5O2.C2H6/c1-5-19-14-22(25(33)30-10-11-31-23(17(30)3)8-9-27-31)28-24(29(19)4)12-16(2)20-7-6-18(15-32)13-21(20)26;1-2/h6-7,9,12-15,17,23H,2,5,8,10-11H2,1,3-4H3;1-2H3/b24-12-;. The molecule has 3 aliphatic heterocycles. The smallest absolute Gasteiger partial charge is 0.272 e. The second-order valence-corrected chi connectivity index (χ2v) is 8.43. The van der Waals surface area contributed by atoms with Crippen LogP contribution in [0.25, 0.3) is 5.57 Å². The van der Waals surface area contributed by atoms with Gasteiger partial charge in [0.25, 0.3) is 5.91 Å². The Labute approximate surface area is 207 Å². The fourth-order valence-corrected chi connectivity index (χ4v) is 4.50.